The number of aromatic amines is 1. The Bertz CT molecular complexity index is 708. The highest BCUT2D eigenvalue weighted by Crippen LogP contribution is 2.27. The van der Waals surface area contributed by atoms with Crippen LogP contribution in [0.25, 0.3) is 11.1 Å². The van der Waals surface area contributed by atoms with E-state index in [0.29, 0.717) is 11.5 Å². The van der Waals surface area contributed by atoms with E-state index in [2.05, 4.69) is 25.9 Å². The number of halogens is 1. The van der Waals surface area contributed by atoms with Gasteiger partial charge >= 0.3 is 0 Å². The number of piperidine rings is 1. The van der Waals surface area contributed by atoms with E-state index in [0.717, 1.165) is 30.4 Å². The summed E-state index contributed by atoms with van der Waals surface area (Å²) in [7, 11) is 0. The van der Waals surface area contributed by atoms with Crippen molar-refractivity contribution in [2.24, 2.45) is 0 Å². The number of rotatable bonds is 2. The molecule has 6 heteroatoms. The molecule has 0 atom stereocenters. The minimum Gasteiger partial charge on any atom is -0.493 e. The predicted molar refractivity (Wildman–Crippen MR) is 85.7 cm³/mol. The maximum absolute atomic E-state index is 12.3. The van der Waals surface area contributed by atoms with Crippen molar-refractivity contribution in [1.82, 2.24) is 9.97 Å². The Morgan fingerprint density at radius 1 is 1.24 bits per heavy atom. The van der Waals surface area contributed by atoms with Crippen LogP contribution in [-0.4, -0.2) is 28.2 Å². The molecule has 3 rings (SSSR count). The van der Waals surface area contributed by atoms with Gasteiger partial charge in [0.2, 0.25) is 11.8 Å². The summed E-state index contributed by atoms with van der Waals surface area (Å²) in [5.74, 6) is 0.230. The van der Waals surface area contributed by atoms with Gasteiger partial charge in [0.05, 0.1) is 0 Å². The summed E-state index contributed by atoms with van der Waals surface area (Å²) in [6, 6.07) is 7.24. The fourth-order valence-corrected chi connectivity index (χ4v) is 3.01. The van der Waals surface area contributed by atoms with Gasteiger partial charge in [0, 0.05) is 17.6 Å². The van der Waals surface area contributed by atoms with Crippen LogP contribution in [0, 0.1) is 0 Å². The van der Waals surface area contributed by atoms with Gasteiger partial charge in [-0.2, -0.15) is 4.98 Å². The van der Waals surface area contributed by atoms with Crippen molar-refractivity contribution in [1.29, 1.82) is 0 Å². The van der Waals surface area contributed by atoms with Crippen LogP contribution in [0.4, 0.5) is 5.95 Å². The third-order valence-corrected chi connectivity index (χ3v) is 4.15. The highest BCUT2D eigenvalue weighted by molar-refractivity contribution is 9.10. The molecule has 0 aliphatic carbocycles. The van der Waals surface area contributed by atoms with Crippen LogP contribution in [0.5, 0.6) is 5.88 Å². The fraction of sp³-hybridized carbons (Fsp3) is 0.333. The maximum atomic E-state index is 12.3. The lowest BCUT2D eigenvalue weighted by molar-refractivity contribution is 0.451. The third kappa shape index (κ3) is 2.95. The van der Waals surface area contributed by atoms with Crippen molar-refractivity contribution >= 4 is 21.9 Å². The average molecular weight is 350 g/mol. The van der Waals surface area contributed by atoms with E-state index >= 15 is 0 Å². The zero-order valence-electron chi connectivity index (χ0n) is 11.5. The second kappa shape index (κ2) is 5.89. The normalized spacial score (nSPS) is 15.2. The number of aromatic hydroxyl groups is 1. The first kappa shape index (κ1) is 14.1. The van der Waals surface area contributed by atoms with Gasteiger partial charge in [-0.3, -0.25) is 9.78 Å². The second-order valence-corrected chi connectivity index (χ2v) is 6.06. The van der Waals surface area contributed by atoms with Crippen molar-refractivity contribution in [3.05, 3.63) is 39.1 Å². The SMILES string of the molecule is O=c1[nH]c(N2CCCCC2)nc(O)c1-c1cccc(Br)c1. The van der Waals surface area contributed by atoms with E-state index in [9.17, 15) is 9.90 Å². The molecule has 1 aliphatic heterocycles. The first-order chi connectivity index (χ1) is 10.1. The lowest BCUT2D eigenvalue weighted by atomic mass is 10.1. The molecule has 1 aromatic carbocycles. The Hall–Kier alpha value is -1.82. The summed E-state index contributed by atoms with van der Waals surface area (Å²) in [6.45, 7) is 1.72. The zero-order chi connectivity index (χ0) is 14.8. The van der Waals surface area contributed by atoms with Gasteiger partial charge in [-0.25, -0.2) is 0 Å². The molecular formula is C15H16BrN3O2. The van der Waals surface area contributed by atoms with Gasteiger partial charge in [0.25, 0.3) is 5.56 Å². The molecule has 21 heavy (non-hydrogen) atoms. The van der Waals surface area contributed by atoms with Gasteiger partial charge in [-0.1, -0.05) is 28.1 Å². The van der Waals surface area contributed by atoms with Crippen molar-refractivity contribution in [2.75, 3.05) is 18.0 Å². The molecule has 1 saturated heterocycles. The molecule has 2 heterocycles. The predicted octanol–water partition coefficient (Wildman–Crippen LogP) is 2.90. The monoisotopic (exact) mass is 349 g/mol. The lowest BCUT2D eigenvalue weighted by Gasteiger charge is -2.27. The van der Waals surface area contributed by atoms with Crippen LogP contribution in [0.3, 0.4) is 0 Å². The Morgan fingerprint density at radius 3 is 2.67 bits per heavy atom. The van der Waals surface area contributed by atoms with Crippen molar-refractivity contribution in [3.8, 4) is 17.0 Å². The molecule has 0 radical (unpaired) electrons. The van der Waals surface area contributed by atoms with Gasteiger partial charge in [-0.05, 0) is 37.0 Å². The third-order valence-electron chi connectivity index (χ3n) is 3.66. The van der Waals surface area contributed by atoms with Gasteiger partial charge in [0.1, 0.15) is 5.56 Å². The smallest absolute Gasteiger partial charge is 0.264 e. The van der Waals surface area contributed by atoms with Gasteiger partial charge in [-0.15, -0.1) is 0 Å². The fourth-order valence-electron chi connectivity index (χ4n) is 2.61. The number of anilines is 1. The molecule has 2 N–H and O–H groups in total. The van der Waals surface area contributed by atoms with E-state index in [1.807, 2.05) is 17.0 Å². The maximum Gasteiger partial charge on any atom is 0.264 e. The molecule has 1 fully saturated rings. The molecule has 1 aromatic heterocycles. The van der Waals surface area contributed by atoms with Crippen LogP contribution >= 0.6 is 15.9 Å². The first-order valence-corrected chi connectivity index (χ1v) is 7.78. The zero-order valence-corrected chi connectivity index (χ0v) is 13.1. The summed E-state index contributed by atoms with van der Waals surface area (Å²) in [5.41, 5.74) is 0.527. The highest BCUT2D eigenvalue weighted by atomic mass is 79.9. The summed E-state index contributed by atoms with van der Waals surface area (Å²) in [4.78, 5) is 21.3. The molecule has 0 unspecified atom stereocenters. The van der Waals surface area contributed by atoms with Crippen LogP contribution in [-0.2, 0) is 0 Å². The lowest BCUT2D eigenvalue weighted by Crippen LogP contribution is -2.32. The molecule has 0 saturated carbocycles. The molecule has 0 spiro atoms. The number of H-pyrrole nitrogens is 1. The molecule has 5 nitrogen and oxygen atoms in total. The first-order valence-electron chi connectivity index (χ1n) is 6.99. The largest absolute Gasteiger partial charge is 0.493 e. The Morgan fingerprint density at radius 2 is 2.00 bits per heavy atom. The van der Waals surface area contributed by atoms with E-state index in [-0.39, 0.29) is 17.0 Å². The number of aromatic nitrogens is 2. The van der Waals surface area contributed by atoms with E-state index < -0.39 is 0 Å². The molecule has 0 amide bonds. The van der Waals surface area contributed by atoms with Crippen molar-refractivity contribution in [2.45, 2.75) is 19.3 Å². The minimum atomic E-state index is -0.318. The van der Waals surface area contributed by atoms with E-state index in [4.69, 9.17) is 0 Å². The Kier molecular flexibility index (Phi) is 3.96. The van der Waals surface area contributed by atoms with Crippen molar-refractivity contribution < 1.29 is 5.11 Å². The number of hydrogen-bond donors (Lipinski definition) is 2. The summed E-state index contributed by atoms with van der Waals surface area (Å²) < 4.78 is 0.846. The van der Waals surface area contributed by atoms with Crippen LogP contribution in [0.1, 0.15) is 19.3 Å². The van der Waals surface area contributed by atoms with E-state index in [1.165, 1.54) is 6.42 Å². The standard InChI is InChI=1S/C15H16BrN3O2/c16-11-6-4-5-10(9-11)12-13(20)17-15(18-14(12)21)19-7-2-1-3-8-19/h4-6,9H,1-3,7-8H2,(H2,17,18,20,21). The van der Waals surface area contributed by atoms with Crippen LogP contribution < -0.4 is 10.5 Å². The molecule has 0 bridgehead atoms. The summed E-state index contributed by atoms with van der Waals surface area (Å²) >= 11 is 3.36. The highest BCUT2D eigenvalue weighted by Gasteiger charge is 2.18. The number of benzene rings is 1. The number of nitrogens with one attached hydrogen (secondary N) is 1. The Labute approximate surface area is 130 Å². The quantitative estimate of drug-likeness (QED) is 0.874. The molecule has 1 aliphatic rings. The summed E-state index contributed by atoms with van der Waals surface area (Å²) in [5, 5.41) is 10.2. The average Bonchev–Trinajstić information content (AvgIpc) is 2.47. The Balaban J connectivity index is 2.02. The van der Waals surface area contributed by atoms with E-state index in [1.54, 1.807) is 12.1 Å². The minimum absolute atomic E-state index is 0.206. The van der Waals surface area contributed by atoms with Gasteiger partial charge in [0.15, 0.2) is 0 Å². The molecule has 2 aromatic rings. The second-order valence-electron chi connectivity index (χ2n) is 5.15. The summed E-state index contributed by atoms with van der Waals surface area (Å²) in [6.07, 6.45) is 3.36. The molecule has 110 valence electrons. The van der Waals surface area contributed by atoms with Gasteiger partial charge < -0.3 is 10.0 Å². The topological polar surface area (TPSA) is 69.2 Å². The number of nitrogens with zero attached hydrogens (tertiary/aromatic N) is 2. The van der Waals surface area contributed by atoms with Crippen molar-refractivity contribution in [3.63, 3.8) is 0 Å². The number of hydrogen-bond acceptors (Lipinski definition) is 4. The molecular weight excluding hydrogens is 334 g/mol. The van der Waals surface area contributed by atoms with Crippen LogP contribution in [0.15, 0.2) is 33.5 Å². The van der Waals surface area contributed by atoms with Crippen LogP contribution in [0.2, 0.25) is 0 Å².